The van der Waals surface area contributed by atoms with E-state index in [0.717, 1.165) is 5.56 Å². The Kier molecular flexibility index (Phi) is 3.54. The van der Waals surface area contributed by atoms with E-state index in [9.17, 15) is 8.42 Å². The van der Waals surface area contributed by atoms with Crippen LogP contribution in [0.3, 0.4) is 0 Å². The van der Waals surface area contributed by atoms with E-state index in [1.165, 1.54) is 0 Å². The van der Waals surface area contributed by atoms with Gasteiger partial charge in [-0.05, 0) is 36.2 Å². The standard InChI is InChI=1S/C13H13NO2S/c15-17(16,13-4-2-1-3-5-13)11-8-12-6-9-14-10-7-12/h1-7,9-10H,8,11H2. The first-order chi connectivity index (χ1) is 8.18. The van der Waals surface area contributed by atoms with Crippen molar-refractivity contribution in [1.82, 2.24) is 4.98 Å². The second kappa shape index (κ2) is 5.10. The highest BCUT2D eigenvalue weighted by Gasteiger charge is 2.13. The average Bonchev–Trinajstić information content (AvgIpc) is 2.39. The predicted molar refractivity (Wildman–Crippen MR) is 66.4 cm³/mol. The minimum atomic E-state index is -3.18. The number of sulfone groups is 1. The highest BCUT2D eigenvalue weighted by molar-refractivity contribution is 7.91. The molecule has 0 aliphatic heterocycles. The lowest BCUT2D eigenvalue weighted by Crippen LogP contribution is -2.09. The first kappa shape index (κ1) is 11.8. The Morgan fingerprint density at radius 1 is 0.941 bits per heavy atom. The summed E-state index contributed by atoms with van der Waals surface area (Å²) in [5, 5.41) is 0. The first-order valence-corrected chi connectivity index (χ1v) is 7.00. The molecule has 0 saturated carbocycles. The number of pyridine rings is 1. The van der Waals surface area contributed by atoms with Crippen LogP contribution in [0.5, 0.6) is 0 Å². The van der Waals surface area contributed by atoms with Crippen LogP contribution in [-0.4, -0.2) is 19.2 Å². The Labute approximate surface area is 101 Å². The van der Waals surface area contributed by atoms with Gasteiger partial charge in [-0.2, -0.15) is 0 Å². The highest BCUT2D eigenvalue weighted by atomic mass is 32.2. The van der Waals surface area contributed by atoms with Crippen LogP contribution >= 0.6 is 0 Å². The lowest BCUT2D eigenvalue weighted by molar-refractivity contribution is 0.595. The lowest BCUT2D eigenvalue weighted by atomic mass is 10.2. The molecule has 1 aromatic carbocycles. The molecule has 0 spiro atoms. The molecule has 2 rings (SSSR count). The molecule has 1 heterocycles. The summed E-state index contributed by atoms with van der Waals surface area (Å²) in [7, 11) is -3.18. The SMILES string of the molecule is O=S(=O)(CCc1ccncc1)c1ccccc1. The summed E-state index contributed by atoms with van der Waals surface area (Å²) >= 11 is 0. The minimum Gasteiger partial charge on any atom is -0.265 e. The maximum atomic E-state index is 12.0. The van der Waals surface area contributed by atoms with Gasteiger partial charge in [-0.25, -0.2) is 8.42 Å². The summed E-state index contributed by atoms with van der Waals surface area (Å²) in [4.78, 5) is 4.28. The molecule has 17 heavy (non-hydrogen) atoms. The van der Waals surface area contributed by atoms with Gasteiger partial charge < -0.3 is 0 Å². The highest BCUT2D eigenvalue weighted by Crippen LogP contribution is 2.11. The third-order valence-electron chi connectivity index (χ3n) is 2.51. The molecular weight excluding hydrogens is 234 g/mol. The molecule has 88 valence electrons. The fraction of sp³-hybridized carbons (Fsp3) is 0.154. The van der Waals surface area contributed by atoms with Gasteiger partial charge in [-0.15, -0.1) is 0 Å². The Hall–Kier alpha value is -1.68. The summed E-state index contributed by atoms with van der Waals surface area (Å²) in [6.45, 7) is 0. The fourth-order valence-electron chi connectivity index (χ4n) is 1.55. The minimum absolute atomic E-state index is 0.126. The zero-order valence-electron chi connectivity index (χ0n) is 9.28. The van der Waals surface area contributed by atoms with E-state index < -0.39 is 9.84 Å². The van der Waals surface area contributed by atoms with E-state index in [1.54, 1.807) is 36.7 Å². The van der Waals surface area contributed by atoms with Crippen LogP contribution in [0.1, 0.15) is 5.56 Å². The number of rotatable bonds is 4. The first-order valence-electron chi connectivity index (χ1n) is 5.35. The zero-order valence-corrected chi connectivity index (χ0v) is 10.1. The van der Waals surface area contributed by atoms with E-state index in [-0.39, 0.29) is 5.75 Å². The monoisotopic (exact) mass is 247 g/mol. The number of hydrogen-bond acceptors (Lipinski definition) is 3. The zero-order chi connectivity index (χ0) is 12.1. The maximum absolute atomic E-state index is 12.0. The van der Waals surface area contributed by atoms with Crippen LogP contribution in [0.25, 0.3) is 0 Å². The van der Waals surface area contributed by atoms with Crippen molar-refractivity contribution >= 4 is 9.84 Å². The second-order valence-corrected chi connectivity index (χ2v) is 5.85. The van der Waals surface area contributed by atoms with Crippen LogP contribution in [0.4, 0.5) is 0 Å². The van der Waals surface area contributed by atoms with Gasteiger partial charge in [0, 0.05) is 12.4 Å². The summed E-state index contributed by atoms with van der Waals surface area (Å²) in [5.74, 6) is 0.126. The van der Waals surface area contributed by atoms with Gasteiger partial charge in [0.15, 0.2) is 9.84 Å². The van der Waals surface area contributed by atoms with Crippen molar-refractivity contribution in [1.29, 1.82) is 0 Å². The topological polar surface area (TPSA) is 47.0 Å². The number of benzene rings is 1. The Bertz CT molecular complexity index is 565. The molecule has 1 aromatic heterocycles. The Morgan fingerprint density at radius 3 is 2.24 bits per heavy atom. The van der Waals surface area contributed by atoms with Gasteiger partial charge in [0.1, 0.15) is 0 Å². The molecule has 0 amide bonds. The third kappa shape index (κ3) is 3.14. The molecule has 0 N–H and O–H groups in total. The van der Waals surface area contributed by atoms with Crippen molar-refractivity contribution in [3.63, 3.8) is 0 Å². The van der Waals surface area contributed by atoms with Gasteiger partial charge in [-0.3, -0.25) is 4.98 Å². The van der Waals surface area contributed by atoms with E-state index in [1.807, 2.05) is 18.2 Å². The number of aryl methyl sites for hydroxylation is 1. The number of nitrogens with zero attached hydrogens (tertiary/aromatic N) is 1. The lowest BCUT2D eigenvalue weighted by Gasteiger charge is -2.04. The normalized spacial score (nSPS) is 11.3. The van der Waals surface area contributed by atoms with Gasteiger partial charge in [-0.1, -0.05) is 18.2 Å². The molecule has 4 heteroatoms. The van der Waals surface area contributed by atoms with Gasteiger partial charge in [0.25, 0.3) is 0 Å². The molecule has 0 bridgehead atoms. The van der Waals surface area contributed by atoms with E-state index in [4.69, 9.17) is 0 Å². The van der Waals surface area contributed by atoms with Crippen molar-refractivity contribution in [2.75, 3.05) is 5.75 Å². The Morgan fingerprint density at radius 2 is 1.59 bits per heavy atom. The van der Waals surface area contributed by atoms with Gasteiger partial charge in [0.2, 0.25) is 0 Å². The summed E-state index contributed by atoms with van der Waals surface area (Å²) in [6.07, 6.45) is 3.86. The smallest absolute Gasteiger partial charge is 0.178 e. The second-order valence-electron chi connectivity index (χ2n) is 3.74. The van der Waals surface area contributed by atoms with Crippen molar-refractivity contribution in [2.45, 2.75) is 11.3 Å². The Balaban J connectivity index is 2.09. The van der Waals surface area contributed by atoms with E-state index in [0.29, 0.717) is 11.3 Å². The number of hydrogen-bond donors (Lipinski definition) is 0. The van der Waals surface area contributed by atoms with Gasteiger partial charge in [0.05, 0.1) is 10.6 Å². The summed E-state index contributed by atoms with van der Waals surface area (Å²) in [5.41, 5.74) is 0.986. The quantitative estimate of drug-likeness (QED) is 0.831. The summed E-state index contributed by atoms with van der Waals surface area (Å²) < 4.78 is 24.0. The van der Waals surface area contributed by atoms with Gasteiger partial charge >= 0.3 is 0 Å². The molecule has 0 aliphatic rings. The molecule has 0 fully saturated rings. The van der Waals surface area contributed by atoms with Crippen LogP contribution in [0.15, 0.2) is 59.8 Å². The van der Waals surface area contributed by atoms with Crippen molar-refractivity contribution < 1.29 is 8.42 Å². The largest absolute Gasteiger partial charge is 0.265 e. The van der Waals surface area contributed by atoms with Crippen LogP contribution < -0.4 is 0 Å². The molecule has 0 radical (unpaired) electrons. The molecule has 0 unspecified atom stereocenters. The average molecular weight is 247 g/mol. The molecule has 3 nitrogen and oxygen atoms in total. The fourth-order valence-corrected chi connectivity index (χ4v) is 2.86. The molecule has 0 saturated heterocycles. The molecular formula is C13H13NO2S. The molecule has 2 aromatic rings. The molecule has 0 atom stereocenters. The third-order valence-corrected chi connectivity index (χ3v) is 4.24. The number of aromatic nitrogens is 1. The molecule has 0 aliphatic carbocycles. The van der Waals surface area contributed by atoms with Crippen LogP contribution in [-0.2, 0) is 16.3 Å². The summed E-state index contributed by atoms with van der Waals surface area (Å²) in [6, 6.07) is 12.2. The predicted octanol–water partition coefficient (Wildman–Crippen LogP) is 2.10. The van der Waals surface area contributed by atoms with E-state index >= 15 is 0 Å². The maximum Gasteiger partial charge on any atom is 0.178 e. The van der Waals surface area contributed by atoms with Crippen LogP contribution in [0.2, 0.25) is 0 Å². The van der Waals surface area contributed by atoms with Crippen molar-refractivity contribution in [3.05, 3.63) is 60.4 Å². The van der Waals surface area contributed by atoms with E-state index in [2.05, 4.69) is 4.98 Å². The van der Waals surface area contributed by atoms with Crippen molar-refractivity contribution in [3.8, 4) is 0 Å². The van der Waals surface area contributed by atoms with Crippen LogP contribution in [0, 0.1) is 0 Å². The van der Waals surface area contributed by atoms with Crippen molar-refractivity contribution in [2.24, 2.45) is 0 Å².